The molecule has 2 aliphatic rings. The van der Waals surface area contributed by atoms with Crippen molar-refractivity contribution in [3.8, 4) is 0 Å². The van der Waals surface area contributed by atoms with Gasteiger partial charge in [-0.3, -0.25) is 0 Å². The number of rotatable bonds is 3. The van der Waals surface area contributed by atoms with Crippen molar-refractivity contribution in [2.24, 2.45) is 5.73 Å². The fourth-order valence-corrected chi connectivity index (χ4v) is 3.94. The van der Waals surface area contributed by atoms with Gasteiger partial charge in [0.25, 0.3) is 0 Å². The SMILES string of the molecule is CSc1cccc(N2CCN3C(=O)NCC3C2)c1C(N)=S. The van der Waals surface area contributed by atoms with Crippen LogP contribution in [-0.2, 0) is 0 Å². The van der Waals surface area contributed by atoms with E-state index in [0.717, 1.165) is 35.8 Å². The van der Waals surface area contributed by atoms with Gasteiger partial charge in [0, 0.05) is 42.3 Å². The molecule has 1 aromatic carbocycles. The zero-order valence-corrected chi connectivity index (χ0v) is 13.5. The summed E-state index contributed by atoms with van der Waals surface area (Å²) in [6.45, 7) is 3.06. The minimum Gasteiger partial charge on any atom is -0.389 e. The van der Waals surface area contributed by atoms with E-state index in [2.05, 4.69) is 16.3 Å². The molecule has 2 amide bonds. The Morgan fingerprint density at radius 2 is 2.29 bits per heavy atom. The first-order valence-corrected chi connectivity index (χ1v) is 8.51. The molecule has 0 spiro atoms. The van der Waals surface area contributed by atoms with Crippen LogP contribution in [0, 0.1) is 0 Å². The van der Waals surface area contributed by atoms with E-state index < -0.39 is 0 Å². The Bertz CT molecular complexity index is 592. The number of benzene rings is 1. The minimum atomic E-state index is 0.0482. The van der Waals surface area contributed by atoms with Crippen molar-refractivity contribution < 1.29 is 4.79 Å². The summed E-state index contributed by atoms with van der Waals surface area (Å²) in [4.78, 5) is 17.4. The van der Waals surface area contributed by atoms with Crippen LogP contribution in [0.2, 0.25) is 0 Å². The molecule has 0 aromatic heterocycles. The van der Waals surface area contributed by atoms with Crippen molar-refractivity contribution in [3.63, 3.8) is 0 Å². The van der Waals surface area contributed by atoms with Gasteiger partial charge < -0.3 is 20.9 Å². The van der Waals surface area contributed by atoms with Crippen molar-refractivity contribution in [2.45, 2.75) is 10.9 Å². The van der Waals surface area contributed by atoms with E-state index in [9.17, 15) is 4.79 Å². The van der Waals surface area contributed by atoms with Gasteiger partial charge in [0.15, 0.2) is 0 Å². The third-order valence-electron chi connectivity index (χ3n) is 4.04. The fraction of sp³-hybridized carbons (Fsp3) is 0.429. The lowest BCUT2D eigenvalue weighted by atomic mass is 10.1. The average Bonchev–Trinajstić information content (AvgIpc) is 2.87. The number of hydrogen-bond acceptors (Lipinski definition) is 4. The Morgan fingerprint density at radius 1 is 1.48 bits per heavy atom. The Balaban J connectivity index is 1.91. The summed E-state index contributed by atoms with van der Waals surface area (Å²) in [7, 11) is 0. The van der Waals surface area contributed by atoms with Crippen LogP contribution in [0.25, 0.3) is 0 Å². The van der Waals surface area contributed by atoms with Crippen LogP contribution in [0.1, 0.15) is 5.56 Å². The Labute approximate surface area is 133 Å². The van der Waals surface area contributed by atoms with Crippen LogP contribution in [-0.4, -0.2) is 54.4 Å². The number of carbonyl (C=O) groups is 1. The molecule has 1 unspecified atom stereocenters. The lowest BCUT2D eigenvalue weighted by Gasteiger charge is -2.38. The third-order valence-corrected chi connectivity index (χ3v) is 5.03. The summed E-state index contributed by atoms with van der Waals surface area (Å²) in [6.07, 6.45) is 2.03. The number of piperazine rings is 1. The maximum atomic E-state index is 11.7. The fourth-order valence-electron chi connectivity index (χ4n) is 3.02. The summed E-state index contributed by atoms with van der Waals surface area (Å²) in [6, 6.07) is 6.41. The zero-order valence-electron chi connectivity index (χ0n) is 11.8. The first-order chi connectivity index (χ1) is 10.1. The van der Waals surface area contributed by atoms with E-state index in [1.807, 2.05) is 23.3 Å². The highest BCUT2D eigenvalue weighted by Gasteiger charge is 2.36. The van der Waals surface area contributed by atoms with Gasteiger partial charge >= 0.3 is 6.03 Å². The second-order valence-corrected chi connectivity index (χ2v) is 6.49. The van der Waals surface area contributed by atoms with Crippen molar-refractivity contribution in [1.82, 2.24) is 10.2 Å². The monoisotopic (exact) mass is 322 g/mol. The molecule has 1 aromatic rings. The summed E-state index contributed by atoms with van der Waals surface area (Å²) >= 11 is 6.90. The predicted molar refractivity (Wildman–Crippen MR) is 90.2 cm³/mol. The Kier molecular flexibility index (Phi) is 3.95. The number of nitrogens with zero attached hydrogens (tertiary/aromatic N) is 2. The molecule has 2 aliphatic heterocycles. The maximum Gasteiger partial charge on any atom is 0.317 e. The molecule has 0 radical (unpaired) electrons. The van der Waals surface area contributed by atoms with Crippen LogP contribution < -0.4 is 16.0 Å². The molecule has 21 heavy (non-hydrogen) atoms. The normalized spacial score (nSPS) is 21.2. The van der Waals surface area contributed by atoms with Crippen molar-refractivity contribution in [1.29, 1.82) is 0 Å². The molecule has 5 nitrogen and oxygen atoms in total. The number of amides is 2. The van der Waals surface area contributed by atoms with E-state index in [1.165, 1.54) is 0 Å². The highest BCUT2D eigenvalue weighted by molar-refractivity contribution is 7.98. The van der Waals surface area contributed by atoms with E-state index >= 15 is 0 Å². The lowest BCUT2D eigenvalue weighted by Crippen LogP contribution is -2.52. The van der Waals surface area contributed by atoms with Gasteiger partial charge in [0.05, 0.1) is 6.04 Å². The number of thioether (sulfide) groups is 1. The van der Waals surface area contributed by atoms with Crippen LogP contribution in [0.4, 0.5) is 10.5 Å². The molecule has 2 fully saturated rings. The molecule has 3 rings (SSSR count). The van der Waals surface area contributed by atoms with Gasteiger partial charge in [-0.2, -0.15) is 0 Å². The van der Waals surface area contributed by atoms with Gasteiger partial charge in [0.1, 0.15) is 4.99 Å². The number of hydrogen-bond donors (Lipinski definition) is 2. The van der Waals surface area contributed by atoms with Crippen molar-refractivity contribution in [3.05, 3.63) is 23.8 Å². The first kappa shape index (κ1) is 14.5. The number of urea groups is 1. The van der Waals surface area contributed by atoms with Gasteiger partial charge in [-0.15, -0.1) is 11.8 Å². The van der Waals surface area contributed by atoms with E-state index in [-0.39, 0.29) is 12.1 Å². The van der Waals surface area contributed by atoms with Crippen LogP contribution >= 0.6 is 24.0 Å². The van der Waals surface area contributed by atoms with Crippen LogP contribution in [0.3, 0.4) is 0 Å². The number of nitrogens with one attached hydrogen (secondary N) is 1. The zero-order chi connectivity index (χ0) is 15.0. The molecular weight excluding hydrogens is 304 g/mol. The van der Waals surface area contributed by atoms with Gasteiger partial charge in [-0.05, 0) is 18.4 Å². The van der Waals surface area contributed by atoms with Crippen LogP contribution in [0.15, 0.2) is 23.1 Å². The highest BCUT2D eigenvalue weighted by Crippen LogP contribution is 2.31. The number of fused-ring (bicyclic) bond motifs is 1. The number of nitrogens with two attached hydrogens (primary N) is 1. The van der Waals surface area contributed by atoms with E-state index in [1.54, 1.807) is 11.8 Å². The van der Waals surface area contributed by atoms with Gasteiger partial charge in [0.2, 0.25) is 0 Å². The molecule has 0 saturated carbocycles. The van der Waals surface area contributed by atoms with Crippen molar-refractivity contribution >= 4 is 40.7 Å². The summed E-state index contributed by atoms with van der Waals surface area (Å²) in [5, 5.41) is 2.90. The topological polar surface area (TPSA) is 61.6 Å². The van der Waals surface area contributed by atoms with E-state index in [4.69, 9.17) is 18.0 Å². The standard InChI is InChI=1S/C14H18N4OS2/c1-21-11-4-2-3-10(12(11)13(15)20)17-5-6-18-9(8-17)7-16-14(18)19/h2-4,9H,5-8H2,1H3,(H2,15,20)(H,16,19). The number of anilines is 1. The highest BCUT2D eigenvalue weighted by atomic mass is 32.2. The quantitative estimate of drug-likeness (QED) is 0.648. The molecule has 1 atom stereocenters. The van der Waals surface area contributed by atoms with E-state index in [0.29, 0.717) is 11.5 Å². The molecule has 0 aliphatic carbocycles. The minimum absolute atomic E-state index is 0.0482. The van der Waals surface area contributed by atoms with Crippen LogP contribution in [0.5, 0.6) is 0 Å². The Morgan fingerprint density at radius 3 is 3.00 bits per heavy atom. The second kappa shape index (κ2) is 5.73. The smallest absolute Gasteiger partial charge is 0.317 e. The average molecular weight is 322 g/mol. The Hall–Kier alpha value is -1.47. The van der Waals surface area contributed by atoms with Crippen molar-refractivity contribution in [2.75, 3.05) is 37.3 Å². The lowest BCUT2D eigenvalue weighted by molar-refractivity contribution is 0.197. The maximum absolute atomic E-state index is 11.7. The van der Waals surface area contributed by atoms with Gasteiger partial charge in [-0.25, -0.2) is 4.79 Å². The molecule has 2 heterocycles. The first-order valence-electron chi connectivity index (χ1n) is 6.88. The molecule has 2 saturated heterocycles. The summed E-state index contributed by atoms with van der Waals surface area (Å²) in [5.74, 6) is 0. The molecule has 0 bridgehead atoms. The predicted octanol–water partition coefficient (Wildman–Crippen LogP) is 1.26. The third kappa shape index (κ3) is 2.55. The summed E-state index contributed by atoms with van der Waals surface area (Å²) < 4.78 is 0. The molecule has 3 N–H and O–H groups in total. The number of thiocarbonyl (C=S) groups is 1. The number of carbonyl (C=O) groups excluding carboxylic acids is 1. The second-order valence-electron chi connectivity index (χ2n) is 5.20. The molecular formula is C14H18N4OS2. The molecule has 112 valence electrons. The largest absolute Gasteiger partial charge is 0.389 e. The van der Waals surface area contributed by atoms with Gasteiger partial charge in [-0.1, -0.05) is 18.3 Å². The summed E-state index contributed by atoms with van der Waals surface area (Å²) in [5.41, 5.74) is 7.97. The molecule has 7 heteroatoms.